The molecule has 0 saturated carbocycles. The number of nitrogens with zero attached hydrogens (tertiary/aromatic N) is 2. The predicted molar refractivity (Wildman–Crippen MR) is 70.4 cm³/mol. The molecular weight excluding hydrogens is 228 g/mol. The maximum absolute atomic E-state index is 10.4. The van der Waals surface area contributed by atoms with Crippen molar-refractivity contribution in [2.45, 2.75) is 58.3 Å². The highest BCUT2D eigenvalue weighted by Gasteiger charge is 2.33. The second kappa shape index (κ2) is 6.34. The monoisotopic (exact) mass is 252 g/mol. The molecule has 4 heteroatoms. The van der Waals surface area contributed by atoms with E-state index in [2.05, 4.69) is 23.4 Å². The number of ether oxygens (including phenoxy) is 1. The van der Waals surface area contributed by atoms with E-state index in [0.29, 0.717) is 6.42 Å². The number of imidazole rings is 1. The van der Waals surface area contributed by atoms with Crippen LogP contribution < -0.4 is 0 Å². The third kappa shape index (κ3) is 2.93. The van der Waals surface area contributed by atoms with Gasteiger partial charge in [-0.3, -0.25) is 0 Å². The van der Waals surface area contributed by atoms with Crippen LogP contribution in [0, 0.1) is 5.92 Å². The lowest BCUT2D eigenvalue weighted by atomic mass is 9.91. The highest BCUT2D eigenvalue weighted by molar-refractivity contribution is 4.96. The van der Waals surface area contributed by atoms with Crippen LogP contribution in [0.15, 0.2) is 12.4 Å². The standard InChI is InChI=1S/C14H24N2O2/c1-3-7-16-8-6-15-14(16)10-12(17)11-5-9-18-13(11)4-2/h6,8,11-13,17H,3-5,7,9-10H2,1-2H3. The Morgan fingerprint density at radius 3 is 3.11 bits per heavy atom. The Morgan fingerprint density at radius 1 is 1.56 bits per heavy atom. The summed E-state index contributed by atoms with van der Waals surface area (Å²) in [4.78, 5) is 4.36. The van der Waals surface area contributed by atoms with Crippen molar-refractivity contribution in [2.75, 3.05) is 6.61 Å². The first-order valence-corrected chi connectivity index (χ1v) is 7.05. The Bertz CT molecular complexity index is 364. The smallest absolute Gasteiger partial charge is 0.111 e. The molecule has 0 bridgehead atoms. The molecule has 1 aromatic heterocycles. The first-order chi connectivity index (χ1) is 8.76. The van der Waals surface area contributed by atoms with Gasteiger partial charge in [-0.1, -0.05) is 13.8 Å². The molecule has 2 heterocycles. The third-order valence-corrected chi connectivity index (χ3v) is 3.82. The van der Waals surface area contributed by atoms with E-state index in [4.69, 9.17) is 4.74 Å². The van der Waals surface area contributed by atoms with Gasteiger partial charge in [-0.15, -0.1) is 0 Å². The molecule has 0 amide bonds. The van der Waals surface area contributed by atoms with Crippen LogP contribution in [-0.4, -0.2) is 33.5 Å². The Hall–Kier alpha value is -0.870. The molecule has 1 saturated heterocycles. The van der Waals surface area contributed by atoms with Crippen molar-refractivity contribution in [1.82, 2.24) is 9.55 Å². The first kappa shape index (κ1) is 13.6. The first-order valence-electron chi connectivity index (χ1n) is 7.05. The van der Waals surface area contributed by atoms with Crippen LogP contribution in [-0.2, 0) is 17.7 Å². The van der Waals surface area contributed by atoms with Crippen molar-refractivity contribution in [1.29, 1.82) is 0 Å². The van der Waals surface area contributed by atoms with Gasteiger partial charge in [0, 0.05) is 37.9 Å². The highest BCUT2D eigenvalue weighted by Crippen LogP contribution is 2.27. The number of aromatic nitrogens is 2. The van der Waals surface area contributed by atoms with Gasteiger partial charge in [0.1, 0.15) is 5.82 Å². The van der Waals surface area contributed by atoms with Crippen molar-refractivity contribution >= 4 is 0 Å². The largest absolute Gasteiger partial charge is 0.392 e. The number of hydrogen-bond donors (Lipinski definition) is 1. The maximum Gasteiger partial charge on any atom is 0.111 e. The molecule has 1 fully saturated rings. The summed E-state index contributed by atoms with van der Waals surface area (Å²) in [6, 6.07) is 0. The van der Waals surface area contributed by atoms with Crippen LogP contribution in [0.5, 0.6) is 0 Å². The molecule has 1 aliphatic rings. The summed E-state index contributed by atoms with van der Waals surface area (Å²) in [5.74, 6) is 1.26. The summed E-state index contributed by atoms with van der Waals surface area (Å²) in [7, 11) is 0. The second-order valence-corrected chi connectivity index (χ2v) is 5.08. The molecule has 4 nitrogen and oxygen atoms in total. The Labute approximate surface area is 109 Å². The van der Waals surface area contributed by atoms with Crippen LogP contribution in [0.1, 0.15) is 38.9 Å². The van der Waals surface area contributed by atoms with Crippen LogP contribution in [0.2, 0.25) is 0 Å². The van der Waals surface area contributed by atoms with Crippen molar-refractivity contribution < 1.29 is 9.84 Å². The molecule has 0 aliphatic carbocycles. The molecule has 3 atom stereocenters. The summed E-state index contributed by atoms with van der Waals surface area (Å²) in [5, 5.41) is 10.4. The zero-order valence-electron chi connectivity index (χ0n) is 11.4. The van der Waals surface area contributed by atoms with E-state index < -0.39 is 0 Å². The molecule has 0 radical (unpaired) electrons. The second-order valence-electron chi connectivity index (χ2n) is 5.08. The molecule has 0 spiro atoms. The van der Waals surface area contributed by atoms with E-state index in [0.717, 1.165) is 38.2 Å². The molecule has 1 aromatic rings. The quantitative estimate of drug-likeness (QED) is 0.842. The van der Waals surface area contributed by atoms with Crippen molar-refractivity contribution in [3.8, 4) is 0 Å². The van der Waals surface area contributed by atoms with Crippen molar-refractivity contribution in [2.24, 2.45) is 5.92 Å². The summed E-state index contributed by atoms with van der Waals surface area (Å²) in [6.07, 6.45) is 7.36. The SMILES string of the molecule is CCCn1ccnc1CC(O)C1CCOC1CC. The fourth-order valence-corrected chi connectivity index (χ4v) is 2.84. The van der Waals surface area contributed by atoms with E-state index >= 15 is 0 Å². The predicted octanol–water partition coefficient (Wildman–Crippen LogP) is 2.01. The van der Waals surface area contributed by atoms with Gasteiger partial charge >= 0.3 is 0 Å². The lowest BCUT2D eigenvalue weighted by Gasteiger charge is -2.22. The molecule has 3 unspecified atom stereocenters. The fourth-order valence-electron chi connectivity index (χ4n) is 2.84. The average molecular weight is 252 g/mol. The van der Waals surface area contributed by atoms with Gasteiger partial charge in [0.25, 0.3) is 0 Å². The fraction of sp³-hybridized carbons (Fsp3) is 0.786. The Kier molecular flexibility index (Phi) is 4.78. The summed E-state index contributed by atoms with van der Waals surface area (Å²) in [5.41, 5.74) is 0. The molecule has 2 rings (SSSR count). The van der Waals surface area contributed by atoms with Crippen LogP contribution in [0.3, 0.4) is 0 Å². The average Bonchev–Trinajstić information content (AvgIpc) is 2.98. The maximum atomic E-state index is 10.4. The van der Waals surface area contributed by atoms with Gasteiger partial charge in [0.05, 0.1) is 12.2 Å². The molecule has 1 N–H and O–H groups in total. The summed E-state index contributed by atoms with van der Waals surface area (Å²) in [6.45, 7) is 6.02. The minimum absolute atomic E-state index is 0.217. The van der Waals surface area contributed by atoms with Gasteiger partial charge in [0.2, 0.25) is 0 Å². The molecule has 102 valence electrons. The van der Waals surface area contributed by atoms with E-state index in [1.807, 2.05) is 12.4 Å². The number of aliphatic hydroxyl groups is 1. The summed E-state index contributed by atoms with van der Waals surface area (Å²) < 4.78 is 7.78. The minimum atomic E-state index is -0.338. The highest BCUT2D eigenvalue weighted by atomic mass is 16.5. The van der Waals surface area contributed by atoms with Gasteiger partial charge in [0.15, 0.2) is 0 Å². The van der Waals surface area contributed by atoms with E-state index in [9.17, 15) is 5.11 Å². The van der Waals surface area contributed by atoms with Gasteiger partial charge in [-0.05, 0) is 19.3 Å². The Morgan fingerprint density at radius 2 is 2.39 bits per heavy atom. The lowest BCUT2D eigenvalue weighted by Crippen LogP contribution is -2.30. The van der Waals surface area contributed by atoms with Crippen LogP contribution >= 0.6 is 0 Å². The third-order valence-electron chi connectivity index (χ3n) is 3.82. The van der Waals surface area contributed by atoms with Gasteiger partial charge in [-0.25, -0.2) is 4.98 Å². The number of aliphatic hydroxyl groups excluding tert-OH is 1. The van der Waals surface area contributed by atoms with Crippen LogP contribution in [0.25, 0.3) is 0 Å². The molecular formula is C14H24N2O2. The number of rotatable bonds is 6. The minimum Gasteiger partial charge on any atom is -0.392 e. The van der Waals surface area contributed by atoms with Crippen molar-refractivity contribution in [3.63, 3.8) is 0 Å². The molecule has 18 heavy (non-hydrogen) atoms. The number of hydrogen-bond acceptors (Lipinski definition) is 3. The van der Waals surface area contributed by atoms with Crippen molar-refractivity contribution in [3.05, 3.63) is 18.2 Å². The zero-order chi connectivity index (χ0) is 13.0. The van der Waals surface area contributed by atoms with E-state index in [1.54, 1.807) is 0 Å². The molecule has 1 aliphatic heterocycles. The zero-order valence-corrected chi connectivity index (χ0v) is 11.4. The topological polar surface area (TPSA) is 47.3 Å². The van der Waals surface area contributed by atoms with E-state index in [1.165, 1.54) is 0 Å². The van der Waals surface area contributed by atoms with Gasteiger partial charge in [-0.2, -0.15) is 0 Å². The number of aryl methyl sites for hydroxylation is 1. The summed E-state index contributed by atoms with van der Waals surface area (Å²) >= 11 is 0. The lowest BCUT2D eigenvalue weighted by molar-refractivity contribution is 0.0306. The van der Waals surface area contributed by atoms with Gasteiger partial charge < -0.3 is 14.4 Å². The normalized spacial score (nSPS) is 25.5. The molecule has 0 aromatic carbocycles. The Balaban J connectivity index is 1.97. The van der Waals surface area contributed by atoms with Crippen LogP contribution in [0.4, 0.5) is 0 Å². The van der Waals surface area contributed by atoms with E-state index in [-0.39, 0.29) is 18.1 Å².